The number of hydrogen-bond acceptors (Lipinski definition) is 3. The normalized spacial score (nSPS) is 15.7. The predicted octanol–water partition coefficient (Wildman–Crippen LogP) is 1.73. The summed E-state index contributed by atoms with van der Waals surface area (Å²) in [6, 6.07) is 5.83. The largest absolute Gasteiger partial charge is 0.345 e. The van der Waals surface area contributed by atoms with Gasteiger partial charge in [-0.25, -0.2) is 4.98 Å². The fourth-order valence-electron chi connectivity index (χ4n) is 2.24. The highest BCUT2D eigenvalue weighted by Crippen LogP contribution is 2.17. The number of hydrogen-bond donors (Lipinski definition) is 1. The Bertz CT molecular complexity index is 671. The van der Waals surface area contributed by atoms with Gasteiger partial charge in [-0.15, -0.1) is 6.58 Å². The Morgan fingerprint density at radius 3 is 3.21 bits per heavy atom. The van der Waals surface area contributed by atoms with Gasteiger partial charge >= 0.3 is 0 Å². The van der Waals surface area contributed by atoms with Crippen molar-refractivity contribution in [3.05, 3.63) is 42.7 Å². The van der Waals surface area contributed by atoms with Crippen LogP contribution in [0.15, 0.2) is 42.2 Å². The molecule has 0 fully saturated rings. The van der Waals surface area contributed by atoms with Crippen LogP contribution in [0.2, 0.25) is 0 Å². The van der Waals surface area contributed by atoms with E-state index in [0.717, 1.165) is 16.6 Å². The molecule has 1 aliphatic heterocycles. The molecule has 1 aromatic heterocycles. The fraction of sp³-hybridized carbons (Fsp3) is 0.214. The van der Waals surface area contributed by atoms with Crippen molar-refractivity contribution in [1.29, 1.82) is 0 Å². The predicted molar refractivity (Wildman–Crippen MR) is 74.0 cm³/mol. The maximum Gasteiger partial charge on any atom is 0.230 e. The first kappa shape index (κ1) is 11.6. The molecule has 3 rings (SSSR count). The minimum Gasteiger partial charge on any atom is -0.345 e. The highest BCUT2D eigenvalue weighted by molar-refractivity contribution is 6.10. The molecule has 0 aliphatic carbocycles. The van der Waals surface area contributed by atoms with E-state index in [2.05, 4.69) is 21.5 Å². The first-order valence-electron chi connectivity index (χ1n) is 6.19. The number of aromatic nitrogens is 2. The number of carbonyl (C=O) groups excluding carboxylic acids is 1. The lowest BCUT2D eigenvalue weighted by atomic mass is 10.1. The number of fused-ring (bicyclic) bond motifs is 1. The van der Waals surface area contributed by atoms with Crippen molar-refractivity contribution in [3.63, 3.8) is 0 Å². The van der Waals surface area contributed by atoms with Crippen LogP contribution >= 0.6 is 0 Å². The molecule has 1 N–H and O–H groups in total. The summed E-state index contributed by atoms with van der Waals surface area (Å²) in [7, 11) is 0. The zero-order valence-electron chi connectivity index (χ0n) is 10.5. The number of aromatic amines is 1. The first-order valence-corrected chi connectivity index (χ1v) is 6.19. The molecule has 0 radical (unpaired) electrons. The Morgan fingerprint density at radius 2 is 2.37 bits per heavy atom. The molecule has 1 amide bonds. The van der Waals surface area contributed by atoms with Gasteiger partial charge in [-0.2, -0.15) is 0 Å². The van der Waals surface area contributed by atoms with Crippen LogP contribution in [0.1, 0.15) is 12.0 Å². The number of benzene rings is 1. The molecule has 0 saturated heterocycles. The molecule has 0 spiro atoms. The first-order chi connectivity index (χ1) is 9.29. The summed E-state index contributed by atoms with van der Waals surface area (Å²) in [4.78, 5) is 25.4. The van der Waals surface area contributed by atoms with Gasteiger partial charge in [0.2, 0.25) is 5.91 Å². The van der Waals surface area contributed by atoms with E-state index in [4.69, 9.17) is 0 Å². The number of nitrogens with zero attached hydrogens (tertiary/aromatic N) is 3. The van der Waals surface area contributed by atoms with Gasteiger partial charge in [0.25, 0.3) is 0 Å². The van der Waals surface area contributed by atoms with Gasteiger partial charge in [-0.05, 0) is 18.2 Å². The number of aliphatic imine (C=N–C) groups is 1. The lowest BCUT2D eigenvalue weighted by molar-refractivity contribution is -0.127. The highest BCUT2D eigenvalue weighted by atomic mass is 16.2. The second kappa shape index (κ2) is 4.68. The van der Waals surface area contributed by atoms with Gasteiger partial charge in [0.15, 0.2) is 0 Å². The van der Waals surface area contributed by atoms with Crippen LogP contribution in [0.5, 0.6) is 0 Å². The number of amidine groups is 1. The fourth-order valence-corrected chi connectivity index (χ4v) is 2.24. The van der Waals surface area contributed by atoms with E-state index in [1.165, 1.54) is 0 Å². The average molecular weight is 254 g/mol. The van der Waals surface area contributed by atoms with Crippen molar-refractivity contribution in [2.45, 2.75) is 6.42 Å². The Balaban J connectivity index is 2.04. The Labute approximate surface area is 110 Å². The SMILES string of the molecule is C=CCN1C(=O)CCN=C1c1ccc2nc[nH]c2c1. The molecule has 5 nitrogen and oxygen atoms in total. The third-order valence-electron chi connectivity index (χ3n) is 3.13. The Hall–Kier alpha value is -2.43. The lowest BCUT2D eigenvalue weighted by Crippen LogP contribution is -2.40. The molecule has 5 heteroatoms. The summed E-state index contributed by atoms with van der Waals surface area (Å²) >= 11 is 0. The maximum absolute atomic E-state index is 12.0. The molecule has 0 unspecified atom stereocenters. The van der Waals surface area contributed by atoms with Crippen LogP contribution in [0.3, 0.4) is 0 Å². The summed E-state index contributed by atoms with van der Waals surface area (Å²) in [6.45, 7) is 4.72. The summed E-state index contributed by atoms with van der Waals surface area (Å²) in [5.41, 5.74) is 2.77. The van der Waals surface area contributed by atoms with Gasteiger partial charge in [0.1, 0.15) is 5.84 Å². The Kier molecular flexibility index (Phi) is 2.87. The minimum atomic E-state index is 0.0922. The van der Waals surface area contributed by atoms with E-state index in [1.54, 1.807) is 17.3 Å². The molecule has 1 aliphatic rings. The van der Waals surface area contributed by atoms with Crippen molar-refractivity contribution in [2.24, 2.45) is 4.99 Å². The molecular formula is C14H14N4O. The zero-order chi connectivity index (χ0) is 13.2. The number of imidazole rings is 1. The van der Waals surface area contributed by atoms with Crippen LogP contribution in [0.25, 0.3) is 11.0 Å². The van der Waals surface area contributed by atoms with Crippen LogP contribution in [0.4, 0.5) is 0 Å². The topological polar surface area (TPSA) is 61.4 Å². The number of nitrogens with one attached hydrogen (secondary N) is 1. The number of rotatable bonds is 3. The Morgan fingerprint density at radius 1 is 1.47 bits per heavy atom. The van der Waals surface area contributed by atoms with E-state index < -0.39 is 0 Å². The van der Waals surface area contributed by atoms with Crippen LogP contribution < -0.4 is 0 Å². The third-order valence-corrected chi connectivity index (χ3v) is 3.13. The van der Waals surface area contributed by atoms with E-state index in [-0.39, 0.29) is 5.91 Å². The van der Waals surface area contributed by atoms with E-state index in [0.29, 0.717) is 25.3 Å². The average Bonchev–Trinajstić information content (AvgIpc) is 2.88. The van der Waals surface area contributed by atoms with Crippen LogP contribution in [-0.4, -0.2) is 39.7 Å². The molecule has 0 bridgehead atoms. The molecule has 2 aromatic rings. The molecule has 2 heterocycles. The maximum atomic E-state index is 12.0. The molecular weight excluding hydrogens is 240 g/mol. The van der Waals surface area contributed by atoms with Crippen molar-refractivity contribution in [1.82, 2.24) is 14.9 Å². The monoisotopic (exact) mass is 254 g/mol. The van der Waals surface area contributed by atoms with Crippen LogP contribution in [0, 0.1) is 0 Å². The van der Waals surface area contributed by atoms with Gasteiger partial charge in [-0.1, -0.05) is 6.08 Å². The van der Waals surface area contributed by atoms with E-state index in [1.807, 2.05) is 18.2 Å². The summed E-state index contributed by atoms with van der Waals surface area (Å²) < 4.78 is 0. The second-order valence-corrected chi connectivity index (χ2v) is 4.38. The van der Waals surface area contributed by atoms with E-state index >= 15 is 0 Å². The quantitative estimate of drug-likeness (QED) is 0.848. The van der Waals surface area contributed by atoms with Gasteiger partial charge in [-0.3, -0.25) is 14.7 Å². The highest BCUT2D eigenvalue weighted by Gasteiger charge is 2.23. The lowest BCUT2D eigenvalue weighted by Gasteiger charge is -2.26. The number of carbonyl (C=O) groups is 1. The molecule has 96 valence electrons. The third kappa shape index (κ3) is 2.03. The molecule has 1 aromatic carbocycles. The summed E-state index contributed by atoms with van der Waals surface area (Å²) in [6.07, 6.45) is 3.83. The van der Waals surface area contributed by atoms with Gasteiger partial charge < -0.3 is 4.98 Å². The standard InChI is InChI=1S/C14H14N4O/c1-2-7-18-13(19)5-6-15-14(18)10-3-4-11-12(8-10)17-9-16-11/h2-4,8-9H,1,5-7H2,(H,16,17). The zero-order valence-corrected chi connectivity index (χ0v) is 10.5. The van der Waals surface area contributed by atoms with Crippen LogP contribution in [-0.2, 0) is 4.79 Å². The van der Waals surface area contributed by atoms with Crippen molar-refractivity contribution in [3.8, 4) is 0 Å². The smallest absolute Gasteiger partial charge is 0.230 e. The van der Waals surface area contributed by atoms with Gasteiger partial charge in [0.05, 0.1) is 23.9 Å². The van der Waals surface area contributed by atoms with E-state index in [9.17, 15) is 4.79 Å². The molecule has 0 saturated carbocycles. The summed E-state index contributed by atoms with van der Waals surface area (Å²) in [5.74, 6) is 0.808. The van der Waals surface area contributed by atoms with Crippen molar-refractivity contribution >= 4 is 22.8 Å². The second-order valence-electron chi connectivity index (χ2n) is 4.38. The number of H-pyrrole nitrogens is 1. The van der Waals surface area contributed by atoms with Crippen molar-refractivity contribution in [2.75, 3.05) is 13.1 Å². The summed E-state index contributed by atoms with van der Waals surface area (Å²) in [5, 5.41) is 0. The number of amides is 1. The minimum absolute atomic E-state index is 0.0922. The molecule has 0 atom stereocenters. The van der Waals surface area contributed by atoms with Crippen molar-refractivity contribution < 1.29 is 4.79 Å². The van der Waals surface area contributed by atoms with Gasteiger partial charge in [0, 0.05) is 18.5 Å². The molecule has 19 heavy (non-hydrogen) atoms.